The first kappa shape index (κ1) is 35.7. The fraction of sp³-hybridized carbons (Fsp3) is 0.457. The van der Waals surface area contributed by atoms with E-state index in [4.69, 9.17) is 10.2 Å². The largest absolute Gasteiger partial charge is 0.478 e. The molecule has 0 radical (unpaired) electrons. The molecule has 0 aliphatic carbocycles. The number of sulfone groups is 1. The van der Waals surface area contributed by atoms with Crippen molar-refractivity contribution in [3.05, 3.63) is 90.3 Å². The van der Waals surface area contributed by atoms with Gasteiger partial charge in [0.25, 0.3) is 0 Å². The van der Waals surface area contributed by atoms with Gasteiger partial charge in [0.05, 0.1) is 20.9 Å². The number of unbranched alkanes of at least 4 members (excludes halogenated alkanes) is 13. The molecule has 0 bridgehead atoms. The van der Waals surface area contributed by atoms with Crippen molar-refractivity contribution in [3.8, 4) is 0 Å². The summed E-state index contributed by atoms with van der Waals surface area (Å²) >= 11 is 0. The van der Waals surface area contributed by atoms with Crippen molar-refractivity contribution in [3.63, 3.8) is 0 Å². The number of carbonyl (C=O) groups is 2. The van der Waals surface area contributed by atoms with Gasteiger partial charge in [-0.25, -0.2) is 22.6 Å². The molecule has 0 saturated carbocycles. The molecule has 3 aromatic rings. The summed E-state index contributed by atoms with van der Waals surface area (Å²) in [4.78, 5) is 21.3. The Bertz CT molecular complexity index is 1240. The number of aryl methyl sites for hydroxylation is 1. The molecule has 43 heavy (non-hydrogen) atoms. The molecule has 7 nitrogen and oxygen atoms in total. The molecule has 0 aliphatic rings. The van der Waals surface area contributed by atoms with Crippen molar-refractivity contribution >= 4 is 21.8 Å². The number of aromatic nitrogens is 1. The molecule has 0 amide bonds. The van der Waals surface area contributed by atoms with E-state index in [9.17, 15) is 18.0 Å². The van der Waals surface area contributed by atoms with Gasteiger partial charge in [-0.15, -0.1) is 0 Å². The van der Waals surface area contributed by atoms with Crippen LogP contribution in [0.2, 0.25) is 0 Å². The van der Waals surface area contributed by atoms with Crippen molar-refractivity contribution in [2.75, 3.05) is 0 Å². The number of nitrogens with zero attached hydrogens (tertiary/aromatic N) is 1. The van der Waals surface area contributed by atoms with Gasteiger partial charge in [-0.3, -0.25) is 0 Å². The van der Waals surface area contributed by atoms with Crippen molar-refractivity contribution in [2.24, 2.45) is 0 Å². The number of carboxylic acid groups (broad SMARTS) is 2. The van der Waals surface area contributed by atoms with Crippen LogP contribution in [0.5, 0.6) is 0 Å². The van der Waals surface area contributed by atoms with Gasteiger partial charge in [0.15, 0.2) is 12.4 Å². The normalized spacial score (nSPS) is 11.0. The lowest BCUT2D eigenvalue weighted by Gasteiger charge is -2.05. The number of pyridine rings is 1. The highest BCUT2D eigenvalue weighted by Gasteiger charge is 2.18. The molecule has 0 aliphatic heterocycles. The second-order valence-electron chi connectivity index (χ2n) is 10.9. The van der Waals surface area contributed by atoms with Gasteiger partial charge in [0.2, 0.25) is 9.84 Å². The van der Waals surface area contributed by atoms with E-state index in [2.05, 4.69) is 42.1 Å². The number of hydrogen-bond acceptors (Lipinski definition) is 4. The van der Waals surface area contributed by atoms with Crippen LogP contribution in [0.25, 0.3) is 0 Å². The van der Waals surface area contributed by atoms with E-state index in [0.29, 0.717) is 0 Å². The zero-order valence-electron chi connectivity index (χ0n) is 25.5. The Morgan fingerprint density at radius 3 is 1.26 bits per heavy atom. The van der Waals surface area contributed by atoms with Gasteiger partial charge >= 0.3 is 11.9 Å². The monoisotopic (exact) mass is 610 g/mol. The average molecular weight is 611 g/mol. The minimum absolute atomic E-state index is 0.0184. The lowest BCUT2D eigenvalue weighted by molar-refractivity contribution is -0.697. The van der Waals surface area contributed by atoms with Crippen LogP contribution < -0.4 is 4.57 Å². The molecule has 1 heterocycles. The maximum atomic E-state index is 12.3. The first-order valence-corrected chi connectivity index (χ1v) is 17.1. The molecule has 1 aromatic heterocycles. The fourth-order valence-electron chi connectivity index (χ4n) is 4.76. The highest BCUT2D eigenvalue weighted by atomic mass is 32.2. The van der Waals surface area contributed by atoms with Crippen LogP contribution in [0.3, 0.4) is 0 Å². The first-order chi connectivity index (χ1) is 20.8. The Morgan fingerprint density at radius 2 is 0.907 bits per heavy atom. The molecule has 2 aromatic carbocycles. The Balaban J connectivity index is 0.000000300. The topological polar surface area (TPSA) is 113 Å². The molecule has 3 rings (SSSR count). The van der Waals surface area contributed by atoms with Crippen LogP contribution in [0, 0.1) is 0 Å². The standard InChI is InChI=1S/C21H38N.C14H10O6S/c1-2-3-4-5-6-7-8-9-10-11-12-13-14-16-19-22-20-17-15-18-21-22;15-13(16)9-1-5-11(6-2-9)21(19,20)12-7-3-10(4-8-12)14(17)18/h15,17-18,20-21H,2-14,16,19H2,1H3;1-8H,(H,15,16)(H,17,18)/q+1;. The Kier molecular flexibility index (Phi) is 16.9. The lowest BCUT2D eigenvalue weighted by Crippen LogP contribution is -2.32. The van der Waals surface area contributed by atoms with Gasteiger partial charge < -0.3 is 10.2 Å². The van der Waals surface area contributed by atoms with E-state index in [1.807, 2.05) is 0 Å². The molecular formula is C35H48NO6S+. The molecule has 234 valence electrons. The molecule has 0 spiro atoms. The van der Waals surface area contributed by atoms with E-state index < -0.39 is 21.8 Å². The summed E-state index contributed by atoms with van der Waals surface area (Å²) in [5, 5.41) is 17.5. The zero-order chi connectivity index (χ0) is 31.3. The van der Waals surface area contributed by atoms with Gasteiger partial charge in [0.1, 0.15) is 6.54 Å². The van der Waals surface area contributed by atoms with Crippen LogP contribution in [0.15, 0.2) is 88.9 Å². The molecule has 0 fully saturated rings. The fourth-order valence-corrected chi connectivity index (χ4v) is 6.02. The van der Waals surface area contributed by atoms with Crippen LogP contribution in [-0.2, 0) is 16.4 Å². The van der Waals surface area contributed by atoms with Crippen molar-refractivity contribution in [1.82, 2.24) is 0 Å². The highest BCUT2D eigenvalue weighted by Crippen LogP contribution is 2.22. The van der Waals surface area contributed by atoms with Crippen molar-refractivity contribution < 1.29 is 32.8 Å². The first-order valence-electron chi connectivity index (χ1n) is 15.6. The van der Waals surface area contributed by atoms with Gasteiger partial charge in [-0.05, 0) is 55.0 Å². The maximum absolute atomic E-state index is 12.3. The Labute approximate surface area is 257 Å². The predicted octanol–water partition coefficient (Wildman–Crippen LogP) is 8.37. The molecule has 8 heteroatoms. The number of rotatable bonds is 19. The summed E-state index contributed by atoms with van der Waals surface area (Å²) in [6, 6.07) is 15.9. The highest BCUT2D eigenvalue weighted by molar-refractivity contribution is 7.91. The maximum Gasteiger partial charge on any atom is 0.335 e. The van der Waals surface area contributed by atoms with E-state index in [1.165, 1.54) is 145 Å². The second-order valence-corrected chi connectivity index (χ2v) is 12.8. The molecule has 0 unspecified atom stereocenters. The van der Waals surface area contributed by atoms with E-state index in [1.54, 1.807) is 0 Å². The molecule has 0 saturated heterocycles. The van der Waals surface area contributed by atoms with Crippen LogP contribution in [0.4, 0.5) is 0 Å². The number of hydrogen-bond donors (Lipinski definition) is 2. The SMILES string of the molecule is CCCCCCCCCCCCCCCC[n+]1ccccc1.O=C(O)c1ccc(S(=O)(=O)c2ccc(C(=O)O)cc2)cc1. The van der Waals surface area contributed by atoms with Crippen molar-refractivity contribution in [2.45, 2.75) is 113 Å². The van der Waals surface area contributed by atoms with E-state index in [-0.39, 0.29) is 20.9 Å². The van der Waals surface area contributed by atoms with Crippen LogP contribution in [0.1, 0.15) is 118 Å². The molecular weight excluding hydrogens is 562 g/mol. The van der Waals surface area contributed by atoms with E-state index in [0.717, 1.165) is 0 Å². The predicted molar refractivity (Wildman–Crippen MR) is 169 cm³/mol. The lowest BCUT2D eigenvalue weighted by atomic mass is 10.0. The van der Waals surface area contributed by atoms with E-state index >= 15 is 0 Å². The number of carboxylic acids is 2. The van der Waals surface area contributed by atoms with Gasteiger partial charge in [-0.1, -0.05) is 90.0 Å². The molecule has 0 atom stereocenters. The molecule has 2 N–H and O–H groups in total. The van der Waals surface area contributed by atoms with Crippen LogP contribution in [-0.4, -0.2) is 30.6 Å². The van der Waals surface area contributed by atoms with Crippen molar-refractivity contribution in [1.29, 1.82) is 0 Å². The smallest absolute Gasteiger partial charge is 0.335 e. The third-order valence-electron chi connectivity index (χ3n) is 7.37. The number of aromatic carboxylic acids is 2. The average Bonchev–Trinajstić information content (AvgIpc) is 3.02. The van der Waals surface area contributed by atoms with Gasteiger partial charge in [-0.2, -0.15) is 0 Å². The Hall–Kier alpha value is -3.52. The zero-order valence-corrected chi connectivity index (χ0v) is 26.3. The Morgan fingerprint density at radius 1 is 0.558 bits per heavy atom. The summed E-state index contributed by atoms with van der Waals surface area (Å²) < 4.78 is 26.9. The summed E-state index contributed by atoms with van der Waals surface area (Å²) in [6.07, 6.45) is 24.4. The quantitative estimate of drug-likeness (QED) is 0.104. The number of benzene rings is 2. The minimum Gasteiger partial charge on any atom is -0.478 e. The summed E-state index contributed by atoms with van der Waals surface area (Å²) in [5.41, 5.74) is -0.0367. The second kappa shape index (κ2) is 20.4. The van der Waals surface area contributed by atoms with Crippen LogP contribution >= 0.6 is 0 Å². The third-order valence-corrected chi connectivity index (χ3v) is 9.16. The minimum atomic E-state index is -3.81. The summed E-state index contributed by atoms with van der Waals surface area (Å²) in [6.45, 7) is 3.47. The van der Waals surface area contributed by atoms with Gasteiger partial charge in [0, 0.05) is 18.6 Å². The third kappa shape index (κ3) is 14.0. The summed E-state index contributed by atoms with van der Waals surface area (Å²) in [7, 11) is -3.81. The summed E-state index contributed by atoms with van der Waals surface area (Å²) in [5.74, 6) is -2.30.